The molecule has 1 aliphatic rings. The summed E-state index contributed by atoms with van der Waals surface area (Å²) in [6.07, 6.45) is 3.22. The van der Waals surface area contributed by atoms with E-state index in [1.165, 1.54) is 12.1 Å². The van der Waals surface area contributed by atoms with Crippen LogP contribution in [-0.4, -0.2) is 30.6 Å². The summed E-state index contributed by atoms with van der Waals surface area (Å²) in [5, 5.41) is 0. The molecule has 0 atom stereocenters. The van der Waals surface area contributed by atoms with Gasteiger partial charge in [-0.05, 0) is 61.2 Å². The van der Waals surface area contributed by atoms with Crippen molar-refractivity contribution < 1.29 is 18.7 Å². The van der Waals surface area contributed by atoms with E-state index in [0.717, 1.165) is 29.9 Å². The van der Waals surface area contributed by atoms with E-state index in [2.05, 4.69) is 0 Å². The lowest BCUT2D eigenvalue weighted by Gasteiger charge is -2.22. The molecular formula is C21H24FNO3. The summed E-state index contributed by atoms with van der Waals surface area (Å²) < 4.78 is 23.8. The number of hydrogen-bond donors (Lipinski definition) is 0. The summed E-state index contributed by atoms with van der Waals surface area (Å²) in [6.45, 7) is 1.04. The first-order chi connectivity index (χ1) is 12.7. The number of rotatable bonds is 9. The van der Waals surface area contributed by atoms with Gasteiger partial charge in [0.05, 0.1) is 13.7 Å². The van der Waals surface area contributed by atoms with Crippen molar-refractivity contribution in [2.45, 2.75) is 38.3 Å². The normalized spacial score (nSPS) is 13.3. The molecule has 1 amide bonds. The van der Waals surface area contributed by atoms with Gasteiger partial charge in [-0.3, -0.25) is 4.79 Å². The highest BCUT2D eigenvalue weighted by Gasteiger charge is 2.32. The molecule has 1 fully saturated rings. The molecule has 0 saturated heterocycles. The van der Waals surface area contributed by atoms with Crippen molar-refractivity contribution in [3.63, 3.8) is 0 Å². The molecule has 0 aliphatic heterocycles. The van der Waals surface area contributed by atoms with Gasteiger partial charge < -0.3 is 14.4 Å². The molecule has 4 nitrogen and oxygen atoms in total. The molecule has 0 bridgehead atoms. The molecule has 1 aliphatic carbocycles. The molecule has 0 radical (unpaired) electrons. The maximum atomic E-state index is 13.0. The van der Waals surface area contributed by atoms with E-state index >= 15 is 0 Å². The summed E-state index contributed by atoms with van der Waals surface area (Å²) in [4.78, 5) is 14.5. The minimum atomic E-state index is -0.256. The number of nitrogens with zero attached hydrogens (tertiary/aromatic N) is 1. The zero-order chi connectivity index (χ0) is 18.4. The van der Waals surface area contributed by atoms with Crippen LogP contribution in [0.5, 0.6) is 11.5 Å². The molecule has 0 unspecified atom stereocenters. The summed E-state index contributed by atoms with van der Waals surface area (Å²) in [6, 6.07) is 14.1. The third kappa shape index (κ3) is 5.22. The summed E-state index contributed by atoms with van der Waals surface area (Å²) in [5.74, 6) is 1.43. The fraction of sp³-hybridized carbons (Fsp3) is 0.381. The SMILES string of the molecule is COc1ccc(OCCCC(=O)N(Cc2ccc(F)cc2)C2CC2)cc1. The van der Waals surface area contributed by atoms with Crippen LogP contribution in [0.15, 0.2) is 48.5 Å². The van der Waals surface area contributed by atoms with Crippen molar-refractivity contribution in [2.75, 3.05) is 13.7 Å². The van der Waals surface area contributed by atoms with Crippen molar-refractivity contribution in [1.29, 1.82) is 0 Å². The van der Waals surface area contributed by atoms with Crippen LogP contribution in [0.1, 0.15) is 31.2 Å². The Hall–Kier alpha value is -2.56. The van der Waals surface area contributed by atoms with Gasteiger partial charge in [0.2, 0.25) is 5.91 Å². The van der Waals surface area contributed by atoms with E-state index in [1.807, 2.05) is 29.2 Å². The van der Waals surface area contributed by atoms with E-state index in [1.54, 1.807) is 19.2 Å². The number of amides is 1. The average molecular weight is 357 g/mol. The average Bonchev–Trinajstić information content (AvgIpc) is 3.50. The van der Waals surface area contributed by atoms with Gasteiger partial charge in [-0.2, -0.15) is 0 Å². The van der Waals surface area contributed by atoms with Gasteiger partial charge in [0.15, 0.2) is 0 Å². The maximum Gasteiger partial charge on any atom is 0.223 e. The van der Waals surface area contributed by atoms with Gasteiger partial charge in [-0.1, -0.05) is 12.1 Å². The van der Waals surface area contributed by atoms with Crippen molar-refractivity contribution in [3.8, 4) is 11.5 Å². The fourth-order valence-corrected chi connectivity index (χ4v) is 2.82. The minimum Gasteiger partial charge on any atom is -0.497 e. The Morgan fingerprint density at radius 2 is 1.73 bits per heavy atom. The molecule has 1 saturated carbocycles. The highest BCUT2D eigenvalue weighted by atomic mass is 19.1. The van der Waals surface area contributed by atoms with Crippen LogP contribution in [0.4, 0.5) is 4.39 Å². The number of carbonyl (C=O) groups is 1. The lowest BCUT2D eigenvalue weighted by Crippen LogP contribution is -2.32. The van der Waals surface area contributed by atoms with Gasteiger partial charge in [-0.25, -0.2) is 4.39 Å². The maximum absolute atomic E-state index is 13.0. The predicted molar refractivity (Wildman–Crippen MR) is 97.7 cm³/mol. The molecule has 0 aromatic heterocycles. The summed E-state index contributed by atoms with van der Waals surface area (Å²) >= 11 is 0. The van der Waals surface area contributed by atoms with E-state index in [0.29, 0.717) is 32.0 Å². The van der Waals surface area contributed by atoms with Crippen molar-refractivity contribution >= 4 is 5.91 Å². The Bertz CT molecular complexity index is 711. The second-order valence-corrected chi connectivity index (χ2v) is 6.51. The first-order valence-electron chi connectivity index (χ1n) is 8.96. The third-order valence-electron chi connectivity index (χ3n) is 4.44. The van der Waals surface area contributed by atoms with Crippen molar-refractivity contribution in [3.05, 3.63) is 59.9 Å². The second kappa shape index (κ2) is 8.70. The van der Waals surface area contributed by atoms with Crippen LogP contribution >= 0.6 is 0 Å². The van der Waals surface area contributed by atoms with Crippen LogP contribution in [0.2, 0.25) is 0 Å². The van der Waals surface area contributed by atoms with Crippen LogP contribution in [0, 0.1) is 5.82 Å². The van der Waals surface area contributed by atoms with Gasteiger partial charge >= 0.3 is 0 Å². The third-order valence-corrected chi connectivity index (χ3v) is 4.44. The Balaban J connectivity index is 1.45. The molecule has 26 heavy (non-hydrogen) atoms. The van der Waals surface area contributed by atoms with Crippen molar-refractivity contribution in [1.82, 2.24) is 4.90 Å². The Kier molecular flexibility index (Phi) is 6.10. The van der Waals surface area contributed by atoms with Crippen LogP contribution in [-0.2, 0) is 11.3 Å². The highest BCUT2D eigenvalue weighted by molar-refractivity contribution is 5.76. The van der Waals surface area contributed by atoms with Crippen LogP contribution < -0.4 is 9.47 Å². The summed E-state index contributed by atoms with van der Waals surface area (Å²) in [5.41, 5.74) is 0.959. The molecule has 0 N–H and O–H groups in total. The molecule has 5 heteroatoms. The lowest BCUT2D eigenvalue weighted by atomic mass is 10.2. The number of halogens is 1. The molecule has 2 aromatic rings. The van der Waals surface area contributed by atoms with Gasteiger partial charge in [0.1, 0.15) is 17.3 Å². The predicted octanol–water partition coefficient (Wildman–Crippen LogP) is 4.18. The monoisotopic (exact) mass is 357 g/mol. The van der Waals surface area contributed by atoms with Crippen molar-refractivity contribution in [2.24, 2.45) is 0 Å². The van der Waals surface area contributed by atoms with Gasteiger partial charge in [0, 0.05) is 19.0 Å². The molecule has 3 rings (SSSR count). The van der Waals surface area contributed by atoms with Crippen LogP contribution in [0.25, 0.3) is 0 Å². The molecular weight excluding hydrogens is 333 g/mol. The Labute approximate surface area is 153 Å². The smallest absolute Gasteiger partial charge is 0.223 e. The quantitative estimate of drug-likeness (QED) is 0.632. The van der Waals surface area contributed by atoms with Gasteiger partial charge in [-0.15, -0.1) is 0 Å². The molecule has 138 valence electrons. The number of benzene rings is 2. The number of ether oxygens (including phenoxy) is 2. The molecule has 2 aromatic carbocycles. The highest BCUT2D eigenvalue weighted by Crippen LogP contribution is 2.29. The number of methoxy groups -OCH3 is 1. The zero-order valence-corrected chi connectivity index (χ0v) is 15.0. The van der Waals surface area contributed by atoms with E-state index in [4.69, 9.17) is 9.47 Å². The summed E-state index contributed by atoms with van der Waals surface area (Å²) in [7, 11) is 1.62. The van der Waals surface area contributed by atoms with E-state index in [9.17, 15) is 9.18 Å². The Morgan fingerprint density at radius 1 is 1.08 bits per heavy atom. The van der Waals surface area contributed by atoms with E-state index in [-0.39, 0.29) is 11.7 Å². The van der Waals surface area contributed by atoms with Gasteiger partial charge in [0.25, 0.3) is 0 Å². The molecule has 0 heterocycles. The lowest BCUT2D eigenvalue weighted by molar-refractivity contribution is -0.132. The minimum absolute atomic E-state index is 0.134. The van der Waals surface area contributed by atoms with E-state index < -0.39 is 0 Å². The Morgan fingerprint density at radius 3 is 2.35 bits per heavy atom. The number of hydrogen-bond acceptors (Lipinski definition) is 3. The second-order valence-electron chi connectivity index (χ2n) is 6.51. The van der Waals surface area contributed by atoms with Crippen LogP contribution in [0.3, 0.4) is 0 Å². The topological polar surface area (TPSA) is 38.8 Å². The first kappa shape index (κ1) is 18.2. The fourth-order valence-electron chi connectivity index (χ4n) is 2.82. The first-order valence-corrected chi connectivity index (χ1v) is 8.96. The largest absolute Gasteiger partial charge is 0.497 e. The molecule has 0 spiro atoms. The number of carbonyl (C=O) groups excluding carboxylic acids is 1. The zero-order valence-electron chi connectivity index (χ0n) is 15.0. The standard InChI is InChI=1S/C21H24FNO3/c1-25-19-10-12-20(13-11-19)26-14-2-3-21(24)23(18-8-9-18)15-16-4-6-17(22)7-5-16/h4-7,10-13,18H,2-3,8-9,14-15H2,1H3.